The SMILES string of the molecule is CC1(C(=O)O)CCN(C(=O)Nc2cncc(F)c2)C1. The highest BCUT2D eigenvalue weighted by Crippen LogP contribution is 2.30. The van der Waals surface area contributed by atoms with E-state index in [0.29, 0.717) is 13.0 Å². The maximum absolute atomic E-state index is 12.9. The summed E-state index contributed by atoms with van der Waals surface area (Å²) in [6, 6.07) is 0.703. The number of anilines is 1. The van der Waals surface area contributed by atoms with Gasteiger partial charge in [-0.2, -0.15) is 0 Å². The largest absolute Gasteiger partial charge is 0.481 e. The Morgan fingerprint density at radius 1 is 1.53 bits per heavy atom. The maximum atomic E-state index is 12.9. The van der Waals surface area contributed by atoms with Gasteiger partial charge in [-0.15, -0.1) is 0 Å². The Kier molecular flexibility index (Phi) is 3.37. The number of amides is 2. The van der Waals surface area contributed by atoms with Crippen LogP contribution in [0.2, 0.25) is 0 Å². The predicted molar refractivity (Wildman–Crippen MR) is 65.1 cm³/mol. The Hall–Kier alpha value is -2.18. The molecule has 7 heteroatoms. The number of pyridine rings is 1. The van der Waals surface area contributed by atoms with Crippen molar-refractivity contribution in [2.45, 2.75) is 13.3 Å². The molecular formula is C12H14FN3O3. The van der Waals surface area contributed by atoms with Crippen LogP contribution in [0.25, 0.3) is 0 Å². The number of carboxylic acids is 1. The molecule has 102 valence electrons. The van der Waals surface area contributed by atoms with E-state index in [0.717, 1.165) is 12.3 Å². The number of carbonyl (C=O) groups excluding carboxylic acids is 1. The summed E-state index contributed by atoms with van der Waals surface area (Å²) in [5.74, 6) is -1.47. The quantitative estimate of drug-likeness (QED) is 0.851. The number of rotatable bonds is 2. The van der Waals surface area contributed by atoms with Crippen LogP contribution < -0.4 is 5.32 Å². The van der Waals surface area contributed by atoms with Gasteiger partial charge in [0.25, 0.3) is 0 Å². The van der Waals surface area contributed by atoms with Gasteiger partial charge in [0, 0.05) is 19.2 Å². The van der Waals surface area contributed by atoms with Gasteiger partial charge in [0.1, 0.15) is 5.82 Å². The van der Waals surface area contributed by atoms with Gasteiger partial charge in [0.05, 0.1) is 23.5 Å². The minimum Gasteiger partial charge on any atom is -0.481 e. The fourth-order valence-corrected chi connectivity index (χ4v) is 1.99. The summed E-state index contributed by atoms with van der Waals surface area (Å²) < 4.78 is 12.9. The first-order valence-corrected chi connectivity index (χ1v) is 5.81. The third-order valence-electron chi connectivity index (χ3n) is 3.23. The molecule has 0 aromatic carbocycles. The Morgan fingerprint density at radius 2 is 2.26 bits per heavy atom. The van der Waals surface area contributed by atoms with Gasteiger partial charge in [-0.05, 0) is 13.3 Å². The lowest BCUT2D eigenvalue weighted by atomic mass is 9.90. The van der Waals surface area contributed by atoms with E-state index in [1.54, 1.807) is 6.92 Å². The van der Waals surface area contributed by atoms with E-state index in [4.69, 9.17) is 5.11 Å². The second-order valence-electron chi connectivity index (χ2n) is 4.86. The van der Waals surface area contributed by atoms with E-state index in [-0.39, 0.29) is 12.2 Å². The lowest BCUT2D eigenvalue weighted by Crippen LogP contribution is -2.37. The molecule has 2 N–H and O–H groups in total. The Morgan fingerprint density at radius 3 is 2.84 bits per heavy atom. The molecule has 1 aromatic heterocycles. The number of halogens is 1. The molecule has 1 aromatic rings. The summed E-state index contributed by atoms with van der Waals surface area (Å²) in [5, 5.41) is 11.6. The van der Waals surface area contributed by atoms with Gasteiger partial charge in [-0.3, -0.25) is 9.78 Å². The summed E-state index contributed by atoms with van der Waals surface area (Å²) in [4.78, 5) is 28.0. The van der Waals surface area contributed by atoms with Gasteiger partial charge in [-0.1, -0.05) is 0 Å². The number of hydrogen-bond acceptors (Lipinski definition) is 3. The van der Waals surface area contributed by atoms with Crippen LogP contribution in [-0.4, -0.2) is 40.1 Å². The van der Waals surface area contributed by atoms with Crippen LogP contribution in [0.1, 0.15) is 13.3 Å². The molecule has 1 aliphatic rings. The van der Waals surface area contributed by atoms with Crippen LogP contribution in [-0.2, 0) is 4.79 Å². The normalized spacial score (nSPS) is 22.3. The second-order valence-corrected chi connectivity index (χ2v) is 4.86. The molecule has 2 rings (SSSR count). The summed E-state index contributed by atoms with van der Waals surface area (Å²) in [6.07, 6.45) is 2.76. The molecule has 2 heterocycles. The second kappa shape index (κ2) is 4.83. The average molecular weight is 267 g/mol. The minimum absolute atomic E-state index is 0.136. The van der Waals surface area contributed by atoms with Crippen molar-refractivity contribution in [1.82, 2.24) is 9.88 Å². The molecule has 1 atom stereocenters. The average Bonchev–Trinajstić information content (AvgIpc) is 2.73. The van der Waals surface area contributed by atoms with Crippen molar-refractivity contribution in [3.63, 3.8) is 0 Å². The maximum Gasteiger partial charge on any atom is 0.321 e. The monoisotopic (exact) mass is 267 g/mol. The summed E-state index contributed by atoms with van der Waals surface area (Å²) in [7, 11) is 0. The highest BCUT2D eigenvalue weighted by atomic mass is 19.1. The first-order valence-electron chi connectivity index (χ1n) is 5.81. The van der Waals surface area contributed by atoms with Crippen molar-refractivity contribution in [3.05, 3.63) is 24.3 Å². The summed E-state index contributed by atoms with van der Waals surface area (Å²) in [5.41, 5.74) is -0.675. The highest BCUT2D eigenvalue weighted by Gasteiger charge is 2.42. The zero-order valence-electron chi connectivity index (χ0n) is 10.4. The zero-order chi connectivity index (χ0) is 14.0. The van der Waals surface area contributed by atoms with Crippen molar-refractivity contribution < 1.29 is 19.1 Å². The molecule has 1 saturated heterocycles. The topological polar surface area (TPSA) is 82.5 Å². The number of nitrogens with one attached hydrogen (secondary N) is 1. The Labute approximate surface area is 109 Å². The molecule has 2 amide bonds. The molecule has 1 fully saturated rings. The van der Waals surface area contributed by atoms with Crippen molar-refractivity contribution >= 4 is 17.7 Å². The predicted octanol–water partition coefficient (Wildman–Crippen LogP) is 1.55. The van der Waals surface area contributed by atoms with E-state index in [9.17, 15) is 14.0 Å². The fraction of sp³-hybridized carbons (Fsp3) is 0.417. The Balaban J connectivity index is 2.01. The van der Waals surface area contributed by atoms with E-state index >= 15 is 0 Å². The van der Waals surface area contributed by atoms with Gasteiger partial charge in [0.15, 0.2) is 0 Å². The Bertz CT molecular complexity index is 523. The number of carboxylic acid groups (broad SMARTS) is 1. The molecule has 0 bridgehead atoms. The van der Waals surface area contributed by atoms with Crippen molar-refractivity contribution in [3.8, 4) is 0 Å². The van der Waals surface area contributed by atoms with Crippen LogP contribution in [0.4, 0.5) is 14.9 Å². The van der Waals surface area contributed by atoms with Crippen LogP contribution in [0.5, 0.6) is 0 Å². The molecule has 0 spiro atoms. The number of nitrogens with zero attached hydrogens (tertiary/aromatic N) is 2. The van der Waals surface area contributed by atoms with E-state index in [1.165, 1.54) is 11.1 Å². The number of aromatic nitrogens is 1. The standard InChI is InChI=1S/C12H14FN3O3/c1-12(10(17)18)2-3-16(7-12)11(19)15-9-4-8(13)5-14-6-9/h4-6H,2-3,7H2,1H3,(H,15,19)(H,17,18). The molecule has 6 nitrogen and oxygen atoms in total. The highest BCUT2D eigenvalue weighted by molar-refractivity contribution is 5.90. The fourth-order valence-electron chi connectivity index (χ4n) is 1.99. The van der Waals surface area contributed by atoms with Crippen molar-refractivity contribution in [2.75, 3.05) is 18.4 Å². The molecule has 0 aliphatic carbocycles. The van der Waals surface area contributed by atoms with Crippen LogP contribution in [0.15, 0.2) is 18.5 Å². The molecule has 0 saturated carbocycles. The van der Waals surface area contributed by atoms with Gasteiger partial charge >= 0.3 is 12.0 Å². The lowest BCUT2D eigenvalue weighted by Gasteiger charge is -2.20. The number of carbonyl (C=O) groups is 2. The molecular weight excluding hydrogens is 253 g/mol. The van der Waals surface area contributed by atoms with Crippen LogP contribution >= 0.6 is 0 Å². The van der Waals surface area contributed by atoms with Gasteiger partial charge in [0.2, 0.25) is 0 Å². The van der Waals surface area contributed by atoms with E-state index in [1.807, 2.05) is 0 Å². The number of aliphatic carboxylic acids is 1. The van der Waals surface area contributed by atoms with E-state index < -0.39 is 23.2 Å². The van der Waals surface area contributed by atoms with Crippen LogP contribution in [0.3, 0.4) is 0 Å². The molecule has 0 radical (unpaired) electrons. The van der Waals surface area contributed by atoms with E-state index in [2.05, 4.69) is 10.3 Å². The zero-order valence-corrected chi connectivity index (χ0v) is 10.4. The third kappa shape index (κ3) is 2.81. The lowest BCUT2D eigenvalue weighted by molar-refractivity contribution is -0.146. The summed E-state index contributed by atoms with van der Waals surface area (Å²) in [6.45, 7) is 2.10. The summed E-state index contributed by atoms with van der Waals surface area (Å²) >= 11 is 0. The number of urea groups is 1. The number of likely N-dealkylation sites (tertiary alicyclic amines) is 1. The van der Waals surface area contributed by atoms with Gasteiger partial charge in [-0.25, -0.2) is 9.18 Å². The first-order chi connectivity index (χ1) is 8.90. The van der Waals surface area contributed by atoms with Crippen molar-refractivity contribution in [1.29, 1.82) is 0 Å². The smallest absolute Gasteiger partial charge is 0.321 e. The number of hydrogen-bond donors (Lipinski definition) is 2. The molecule has 1 aliphatic heterocycles. The molecule has 1 unspecified atom stereocenters. The van der Waals surface area contributed by atoms with Crippen molar-refractivity contribution in [2.24, 2.45) is 5.41 Å². The third-order valence-corrected chi connectivity index (χ3v) is 3.23. The van der Waals surface area contributed by atoms with Crippen LogP contribution in [0, 0.1) is 11.2 Å². The minimum atomic E-state index is -0.921. The first kappa shape index (κ1) is 13.3. The van der Waals surface area contributed by atoms with Gasteiger partial charge < -0.3 is 15.3 Å². The molecule has 19 heavy (non-hydrogen) atoms.